The van der Waals surface area contributed by atoms with Crippen LogP contribution in [-0.2, 0) is 5.41 Å². The zero-order valence-electron chi connectivity index (χ0n) is 17.8. The molecular formula is C29H24Br2. The number of rotatable bonds is 4. The van der Waals surface area contributed by atoms with E-state index in [1.165, 1.54) is 44.5 Å². The van der Waals surface area contributed by atoms with E-state index in [9.17, 15) is 0 Å². The maximum Gasteiger partial charge on any atom is 0.0216 e. The molecule has 0 atom stereocenters. The minimum absolute atomic E-state index is 0.0275. The van der Waals surface area contributed by atoms with Crippen molar-refractivity contribution in [2.24, 2.45) is 0 Å². The van der Waals surface area contributed by atoms with Gasteiger partial charge in [-0.05, 0) is 81.6 Å². The third-order valence-corrected chi connectivity index (χ3v) is 7.97. The highest BCUT2D eigenvalue weighted by atomic mass is 79.9. The Bertz CT molecular complexity index is 1250. The van der Waals surface area contributed by atoms with Crippen molar-refractivity contribution in [1.29, 1.82) is 0 Å². The first-order valence-corrected chi connectivity index (χ1v) is 12.5. The Morgan fingerprint density at radius 1 is 0.581 bits per heavy atom. The molecule has 0 saturated heterocycles. The lowest BCUT2D eigenvalue weighted by molar-refractivity contribution is 0.492. The first-order valence-electron chi connectivity index (χ1n) is 10.9. The molecule has 5 rings (SSSR count). The Morgan fingerprint density at radius 3 is 1.74 bits per heavy atom. The van der Waals surface area contributed by atoms with Crippen LogP contribution < -0.4 is 0 Å². The van der Waals surface area contributed by atoms with Gasteiger partial charge in [0.1, 0.15) is 0 Å². The summed E-state index contributed by atoms with van der Waals surface area (Å²) >= 11 is 7.21. The molecule has 0 aromatic heterocycles. The van der Waals surface area contributed by atoms with Crippen molar-refractivity contribution in [2.75, 3.05) is 0 Å². The zero-order chi connectivity index (χ0) is 21.6. The van der Waals surface area contributed by atoms with Gasteiger partial charge in [0.05, 0.1) is 0 Å². The van der Waals surface area contributed by atoms with Crippen LogP contribution >= 0.6 is 31.9 Å². The van der Waals surface area contributed by atoms with E-state index >= 15 is 0 Å². The summed E-state index contributed by atoms with van der Waals surface area (Å²) in [7, 11) is 0. The van der Waals surface area contributed by atoms with Crippen molar-refractivity contribution in [3.63, 3.8) is 0 Å². The summed E-state index contributed by atoms with van der Waals surface area (Å²) in [6.07, 6.45) is 2.17. The predicted molar refractivity (Wildman–Crippen MR) is 140 cm³/mol. The summed E-state index contributed by atoms with van der Waals surface area (Å²) in [5.74, 6) is 0. The largest absolute Gasteiger partial charge is 0.0642 e. The van der Waals surface area contributed by atoms with Gasteiger partial charge in [0.25, 0.3) is 0 Å². The van der Waals surface area contributed by atoms with Gasteiger partial charge in [-0.15, -0.1) is 0 Å². The molecule has 31 heavy (non-hydrogen) atoms. The fraction of sp³-hybridized carbons (Fsp3) is 0.172. The van der Waals surface area contributed by atoms with E-state index in [4.69, 9.17) is 0 Å². The monoisotopic (exact) mass is 530 g/mol. The lowest BCUT2D eigenvalue weighted by Crippen LogP contribution is -2.24. The molecule has 0 spiro atoms. The predicted octanol–water partition coefficient (Wildman–Crippen LogP) is 9.63. The van der Waals surface area contributed by atoms with Crippen LogP contribution in [0.15, 0.2) is 93.9 Å². The van der Waals surface area contributed by atoms with E-state index in [1.54, 1.807) is 0 Å². The van der Waals surface area contributed by atoms with Crippen molar-refractivity contribution in [3.05, 3.63) is 105 Å². The number of hydrogen-bond acceptors (Lipinski definition) is 0. The molecule has 0 fully saturated rings. The van der Waals surface area contributed by atoms with E-state index in [0.717, 1.165) is 21.8 Å². The Hall–Kier alpha value is -2.16. The Morgan fingerprint density at radius 2 is 1.13 bits per heavy atom. The van der Waals surface area contributed by atoms with Crippen molar-refractivity contribution in [3.8, 4) is 33.4 Å². The molecule has 0 unspecified atom stereocenters. The molecule has 154 valence electrons. The van der Waals surface area contributed by atoms with Gasteiger partial charge in [-0.2, -0.15) is 0 Å². The van der Waals surface area contributed by atoms with Crippen LogP contribution in [0.3, 0.4) is 0 Å². The van der Waals surface area contributed by atoms with Crippen LogP contribution in [0, 0.1) is 0 Å². The molecular weight excluding hydrogens is 508 g/mol. The lowest BCUT2D eigenvalue weighted by Gasteiger charge is -2.32. The molecule has 4 aromatic carbocycles. The van der Waals surface area contributed by atoms with Crippen LogP contribution in [0.1, 0.15) is 37.8 Å². The Kier molecular flexibility index (Phi) is 5.40. The van der Waals surface area contributed by atoms with Crippen molar-refractivity contribution in [2.45, 2.75) is 32.1 Å². The first-order chi connectivity index (χ1) is 15.1. The molecule has 4 aromatic rings. The molecule has 1 aliphatic rings. The molecule has 0 N–H and O–H groups in total. The van der Waals surface area contributed by atoms with Gasteiger partial charge in [0, 0.05) is 14.4 Å². The number of benzene rings is 4. The molecule has 0 aliphatic heterocycles. The van der Waals surface area contributed by atoms with Gasteiger partial charge in [0.15, 0.2) is 0 Å². The summed E-state index contributed by atoms with van der Waals surface area (Å²) in [5, 5.41) is 0. The molecule has 0 saturated carbocycles. The fourth-order valence-electron chi connectivity index (χ4n) is 5.36. The second kappa shape index (κ2) is 8.07. The Labute approximate surface area is 201 Å². The van der Waals surface area contributed by atoms with Gasteiger partial charge >= 0.3 is 0 Å². The van der Waals surface area contributed by atoms with Gasteiger partial charge in [0.2, 0.25) is 0 Å². The second-order valence-corrected chi connectivity index (χ2v) is 10.1. The van der Waals surface area contributed by atoms with Crippen LogP contribution in [-0.4, -0.2) is 0 Å². The van der Waals surface area contributed by atoms with Gasteiger partial charge in [-0.1, -0.05) is 106 Å². The maximum absolute atomic E-state index is 3.62. The fourth-order valence-corrected chi connectivity index (χ4v) is 5.89. The summed E-state index contributed by atoms with van der Waals surface area (Å²) < 4.78 is 2.21. The summed E-state index contributed by atoms with van der Waals surface area (Å²) in [6, 6.07) is 31.2. The molecule has 0 nitrogen and oxygen atoms in total. The molecule has 0 radical (unpaired) electrons. The van der Waals surface area contributed by atoms with E-state index in [1.807, 2.05) is 0 Å². The average molecular weight is 532 g/mol. The Balaban J connectivity index is 1.90. The van der Waals surface area contributed by atoms with Crippen molar-refractivity contribution in [1.82, 2.24) is 0 Å². The third kappa shape index (κ3) is 3.23. The van der Waals surface area contributed by atoms with Crippen molar-refractivity contribution >= 4 is 31.9 Å². The molecule has 0 bridgehead atoms. The average Bonchev–Trinajstić information content (AvgIpc) is 3.10. The zero-order valence-corrected chi connectivity index (χ0v) is 20.9. The summed E-state index contributed by atoms with van der Waals surface area (Å²) in [5.41, 5.74) is 11.0. The van der Waals surface area contributed by atoms with E-state index in [-0.39, 0.29) is 5.41 Å². The van der Waals surface area contributed by atoms with Gasteiger partial charge < -0.3 is 0 Å². The van der Waals surface area contributed by atoms with Crippen LogP contribution in [0.5, 0.6) is 0 Å². The number of hydrogen-bond donors (Lipinski definition) is 0. The number of fused-ring (bicyclic) bond motifs is 3. The topological polar surface area (TPSA) is 0 Å². The SMILES string of the molecule is CCC1(CC)c2ccccc2-c2ccc(-c3ccc(Br)cc3)c(-c3ccc(Br)cc3)c21. The van der Waals surface area contributed by atoms with E-state index in [0.29, 0.717) is 0 Å². The number of halogens is 2. The second-order valence-electron chi connectivity index (χ2n) is 8.26. The van der Waals surface area contributed by atoms with Crippen LogP contribution in [0.2, 0.25) is 0 Å². The maximum atomic E-state index is 3.62. The molecule has 0 heterocycles. The van der Waals surface area contributed by atoms with Crippen LogP contribution in [0.25, 0.3) is 33.4 Å². The smallest absolute Gasteiger partial charge is 0.0216 e. The van der Waals surface area contributed by atoms with E-state index in [2.05, 4.69) is 131 Å². The molecule has 2 heteroatoms. The minimum atomic E-state index is 0.0275. The normalized spacial score (nSPS) is 13.7. The standard InChI is InChI=1S/C29H24Br2/c1-3-29(4-2)26-8-6-5-7-24(26)25-18-17-23(19-9-13-21(30)14-10-19)27(28(25)29)20-11-15-22(31)16-12-20/h5-18H,3-4H2,1-2H3. The molecule has 0 amide bonds. The summed E-state index contributed by atoms with van der Waals surface area (Å²) in [4.78, 5) is 0. The lowest BCUT2D eigenvalue weighted by atomic mass is 9.70. The highest BCUT2D eigenvalue weighted by molar-refractivity contribution is 9.10. The van der Waals surface area contributed by atoms with Gasteiger partial charge in [-0.25, -0.2) is 0 Å². The first kappa shape index (κ1) is 20.7. The molecule has 1 aliphatic carbocycles. The van der Waals surface area contributed by atoms with Crippen molar-refractivity contribution < 1.29 is 0 Å². The van der Waals surface area contributed by atoms with E-state index < -0.39 is 0 Å². The van der Waals surface area contributed by atoms with Crippen LogP contribution in [0.4, 0.5) is 0 Å². The highest BCUT2D eigenvalue weighted by Crippen LogP contribution is 2.57. The third-order valence-electron chi connectivity index (χ3n) is 6.91. The summed E-state index contributed by atoms with van der Waals surface area (Å²) in [6.45, 7) is 4.68. The van der Waals surface area contributed by atoms with Gasteiger partial charge in [-0.3, -0.25) is 0 Å². The highest BCUT2D eigenvalue weighted by Gasteiger charge is 2.42. The minimum Gasteiger partial charge on any atom is -0.0642 e. The quantitative estimate of drug-likeness (QED) is 0.246.